The molecule has 0 saturated carbocycles. The fraction of sp³-hybridized carbons (Fsp3) is 0.864. The number of fused-ring (bicyclic) bond motifs is 1. The Labute approximate surface area is 379 Å². The van der Waals surface area contributed by atoms with Gasteiger partial charge in [-0.3, -0.25) is 0 Å². The maximum atomic E-state index is 10.8. The monoisotopic (exact) mass is 938 g/mol. The van der Waals surface area contributed by atoms with Gasteiger partial charge in [0, 0.05) is 5.56 Å². The standard InChI is InChI=1S/C44H74O21/c1-21(2)8-7-10-43(6)11-9-25-24(5)38(22(3)23(4)39(25)65-43)58-13-12-57-17-44(18-59-40-35(54)32(51)29(48)26(14-45)62-40,19-60-41-36(55)33(52)30(49)27(15-46)63-41)20-61-42-37(56)34(53)31(50)28(16-47)64-42/h21,26-37,40-42,45-56H,7-20H2,1-6H3/t26?,27?,28?,29-,30-,31-,32+,33+,34+,35?,36?,37?,40-,41-,42-,43?,44?/m1/s1. The first-order valence-corrected chi connectivity index (χ1v) is 22.5. The maximum absolute atomic E-state index is 10.8. The summed E-state index contributed by atoms with van der Waals surface area (Å²) >= 11 is 0. The molecular formula is C44H74O21. The molecule has 3 fully saturated rings. The number of ether oxygens (including phenoxy) is 9. The lowest BCUT2D eigenvalue weighted by molar-refractivity contribution is -0.332. The third-order valence-electron chi connectivity index (χ3n) is 13.1. The van der Waals surface area contributed by atoms with Crippen molar-refractivity contribution in [2.75, 3.05) is 59.5 Å². The Hall–Kier alpha value is -1.94. The molecule has 376 valence electrons. The van der Waals surface area contributed by atoms with Crippen LogP contribution in [-0.2, 0) is 39.6 Å². The van der Waals surface area contributed by atoms with Gasteiger partial charge >= 0.3 is 0 Å². The van der Waals surface area contributed by atoms with Crippen molar-refractivity contribution in [3.8, 4) is 11.5 Å². The van der Waals surface area contributed by atoms with E-state index in [-0.39, 0.29) is 25.4 Å². The zero-order chi connectivity index (χ0) is 48.0. The second-order valence-electron chi connectivity index (χ2n) is 18.8. The van der Waals surface area contributed by atoms with Crippen LogP contribution in [0.5, 0.6) is 11.5 Å². The molecule has 0 aliphatic carbocycles. The largest absolute Gasteiger partial charge is 0.491 e. The van der Waals surface area contributed by atoms with Crippen LogP contribution >= 0.6 is 0 Å². The quantitative estimate of drug-likeness (QED) is 0.0529. The molecule has 5 rings (SSSR count). The fourth-order valence-corrected chi connectivity index (χ4v) is 8.69. The average molecular weight is 939 g/mol. The van der Waals surface area contributed by atoms with Crippen molar-refractivity contribution >= 4 is 0 Å². The van der Waals surface area contributed by atoms with Gasteiger partial charge in [-0.2, -0.15) is 0 Å². The van der Waals surface area contributed by atoms with Gasteiger partial charge in [-0.1, -0.05) is 20.3 Å². The van der Waals surface area contributed by atoms with Crippen LogP contribution in [0.1, 0.15) is 68.7 Å². The van der Waals surface area contributed by atoms with Crippen LogP contribution in [0.4, 0.5) is 0 Å². The normalized spacial score (nSPS) is 37.4. The minimum atomic E-state index is -1.84. The molecule has 16 atom stereocenters. The van der Waals surface area contributed by atoms with E-state index in [2.05, 4.69) is 20.8 Å². The van der Waals surface area contributed by atoms with Gasteiger partial charge in [-0.05, 0) is 76.0 Å². The Balaban J connectivity index is 1.38. The SMILES string of the molecule is Cc1c(C)c2c(c(C)c1OCCOCC(CO[C@@H]1OC(CO)[C@@H](O)[C@H](O)C1O)(CO[C@@H]1OC(CO)[C@@H](O)[C@H](O)C1O)CO[C@@H]1OC(CO)[C@@H](O)[C@H](O)C1O)CCC(C)(CCCC(C)C)O2. The average Bonchev–Trinajstić information content (AvgIpc) is 3.28. The number of hydrogen-bond donors (Lipinski definition) is 12. The summed E-state index contributed by atoms with van der Waals surface area (Å²) in [6.45, 7) is 8.12. The Morgan fingerprint density at radius 1 is 0.600 bits per heavy atom. The van der Waals surface area contributed by atoms with E-state index in [1.54, 1.807) is 0 Å². The van der Waals surface area contributed by atoms with Gasteiger partial charge in [0.15, 0.2) is 18.9 Å². The van der Waals surface area contributed by atoms with Gasteiger partial charge in [0.1, 0.15) is 97.0 Å². The van der Waals surface area contributed by atoms with Gasteiger partial charge in [-0.25, -0.2) is 0 Å². The number of rotatable bonds is 22. The van der Waals surface area contributed by atoms with Crippen LogP contribution in [0.2, 0.25) is 0 Å². The van der Waals surface area contributed by atoms with Crippen LogP contribution in [0.3, 0.4) is 0 Å². The third kappa shape index (κ3) is 12.6. The van der Waals surface area contributed by atoms with Crippen molar-refractivity contribution in [3.05, 3.63) is 22.3 Å². The molecule has 7 unspecified atom stereocenters. The van der Waals surface area contributed by atoms with E-state index in [0.717, 1.165) is 60.1 Å². The molecule has 0 spiro atoms. The highest BCUT2D eigenvalue weighted by Crippen LogP contribution is 2.45. The van der Waals surface area contributed by atoms with Crippen LogP contribution in [0.15, 0.2) is 0 Å². The van der Waals surface area contributed by atoms with E-state index in [9.17, 15) is 61.3 Å². The van der Waals surface area contributed by atoms with Gasteiger partial charge in [0.25, 0.3) is 0 Å². The third-order valence-corrected chi connectivity index (χ3v) is 13.1. The minimum Gasteiger partial charge on any atom is -0.491 e. The minimum absolute atomic E-state index is 0.0263. The summed E-state index contributed by atoms with van der Waals surface area (Å²) in [6, 6.07) is 0. The lowest BCUT2D eigenvalue weighted by Gasteiger charge is -2.44. The maximum Gasteiger partial charge on any atom is 0.186 e. The predicted octanol–water partition coefficient (Wildman–Crippen LogP) is -2.65. The van der Waals surface area contributed by atoms with Crippen LogP contribution < -0.4 is 9.47 Å². The van der Waals surface area contributed by atoms with Crippen molar-refractivity contribution in [2.45, 2.75) is 171 Å². The molecule has 21 heteroatoms. The second kappa shape index (κ2) is 23.6. The molecule has 65 heavy (non-hydrogen) atoms. The summed E-state index contributed by atoms with van der Waals surface area (Å²) in [7, 11) is 0. The summed E-state index contributed by atoms with van der Waals surface area (Å²) < 4.78 is 53.9. The first-order chi connectivity index (χ1) is 30.7. The molecule has 1 aromatic carbocycles. The lowest BCUT2D eigenvalue weighted by atomic mass is 9.84. The molecule has 0 amide bonds. The second-order valence-corrected chi connectivity index (χ2v) is 18.8. The van der Waals surface area contributed by atoms with Gasteiger partial charge in [0.05, 0.1) is 58.3 Å². The molecule has 21 nitrogen and oxygen atoms in total. The summed E-state index contributed by atoms with van der Waals surface area (Å²) in [5, 5.41) is 125. The van der Waals surface area contributed by atoms with E-state index in [4.69, 9.17) is 42.6 Å². The number of aliphatic hydroxyl groups is 12. The zero-order valence-corrected chi connectivity index (χ0v) is 38.2. The van der Waals surface area contributed by atoms with E-state index in [1.165, 1.54) is 0 Å². The molecular weight excluding hydrogens is 864 g/mol. The molecule has 1 aromatic rings. The Kier molecular flexibility index (Phi) is 19.6. The highest BCUT2D eigenvalue weighted by Gasteiger charge is 2.49. The number of benzene rings is 1. The Morgan fingerprint density at radius 2 is 1.05 bits per heavy atom. The van der Waals surface area contributed by atoms with Gasteiger partial charge in [-0.15, -0.1) is 0 Å². The van der Waals surface area contributed by atoms with Crippen molar-refractivity contribution < 1.29 is 104 Å². The highest BCUT2D eigenvalue weighted by atomic mass is 16.7. The molecule has 3 saturated heterocycles. The summed E-state index contributed by atoms with van der Waals surface area (Å²) in [6.07, 6.45) is -20.3. The van der Waals surface area contributed by atoms with Crippen LogP contribution in [-0.4, -0.2) is 218 Å². The molecule has 4 aliphatic rings. The topological polar surface area (TPSA) is 326 Å². The van der Waals surface area contributed by atoms with E-state index >= 15 is 0 Å². The predicted molar refractivity (Wildman–Crippen MR) is 225 cm³/mol. The molecule has 0 bridgehead atoms. The number of hydrogen-bond acceptors (Lipinski definition) is 21. The van der Waals surface area contributed by atoms with Crippen molar-refractivity contribution in [3.63, 3.8) is 0 Å². The molecule has 0 radical (unpaired) electrons. The molecule has 0 aromatic heterocycles. The Morgan fingerprint density at radius 3 is 1.46 bits per heavy atom. The van der Waals surface area contributed by atoms with Crippen LogP contribution in [0, 0.1) is 32.1 Å². The first kappa shape index (κ1) is 54.0. The van der Waals surface area contributed by atoms with E-state index in [0.29, 0.717) is 11.7 Å². The van der Waals surface area contributed by atoms with E-state index < -0.39 is 137 Å². The van der Waals surface area contributed by atoms with Gasteiger partial charge < -0.3 is 104 Å². The van der Waals surface area contributed by atoms with Crippen molar-refractivity contribution in [1.29, 1.82) is 0 Å². The Bertz CT molecular complexity index is 1530. The summed E-state index contributed by atoms with van der Waals surface area (Å²) in [5.41, 5.74) is 1.96. The zero-order valence-electron chi connectivity index (χ0n) is 38.2. The van der Waals surface area contributed by atoms with Crippen LogP contribution in [0.25, 0.3) is 0 Å². The first-order valence-electron chi connectivity index (χ1n) is 22.5. The summed E-state index contributed by atoms with van der Waals surface area (Å²) in [5.74, 6) is 2.16. The van der Waals surface area contributed by atoms with E-state index in [1.807, 2.05) is 20.8 Å². The lowest BCUT2D eigenvalue weighted by Crippen LogP contribution is -2.61. The highest BCUT2D eigenvalue weighted by molar-refractivity contribution is 5.59. The molecule has 4 heterocycles. The fourth-order valence-electron chi connectivity index (χ4n) is 8.69. The summed E-state index contributed by atoms with van der Waals surface area (Å²) in [4.78, 5) is 0. The smallest absolute Gasteiger partial charge is 0.186 e. The van der Waals surface area contributed by atoms with Crippen molar-refractivity contribution in [2.24, 2.45) is 11.3 Å². The van der Waals surface area contributed by atoms with Gasteiger partial charge in [0.2, 0.25) is 0 Å². The molecule has 12 N–H and O–H groups in total. The van der Waals surface area contributed by atoms with Crippen molar-refractivity contribution in [1.82, 2.24) is 0 Å². The molecule has 4 aliphatic heterocycles. The number of aliphatic hydroxyl groups excluding tert-OH is 12.